The minimum absolute atomic E-state index is 0.0231. The van der Waals surface area contributed by atoms with Crippen LogP contribution in [0.3, 0.4) is 0 Å². The van der Waals surface area contributed by atoms with Gasteiger partial charge >= 0.3 is 11.9 Å². The van der Waals surface area contributed by atoms with Gasteiger partial charge in [0.05, 0.1) is 13.5 Å². The molecule has 0 radical (unpaired) electrons. The van der Waals surface area contributed by atoms with Gasteiger partial charge in [-0.05, 0) is 47.8 Å². The Morgan fingerprint density at radius 2 is 1.74 bits per heavy atom. The van der Waals surface area contributed by atoms with E-state index in [0.29, 0.717) is 5.75 Å². The number of amides is 2. The zero-order valence-electron chi connectivity index (χ0n) is 24.6. The van der Waals surface area contributed by atoms with E-state index >= 15 is 0 Å². The van der Waals surface area contributed by atoms with E-state index in [4.69, 9.17) is 14.2 Å². The highest BCUT2D eigenvalue weighted by molar-refractivity contribution is 5.98. The van der Waals surface area contributed by atoms with Gasteiger partial charge in [0.15, 0.2) is 18.0 Å². The molecule has 1 aliphatic heterocycles. The average molecular weight is 591 g/mol. The first-order chi connectivity index (χ1) is 20.6. The standard InChI is InChI=1S/C33H38N2O8/c1-22(2)20-29-33(40)43-28(27(36)17-14-23-8-5-4-6-9-23)10-7-11-30(37)35-26(32(39)34-19-18-31(38)42-29)21-24-12-15-25(41-3)16-13-24/h4-9,11-17,22,26,28-29H,10,18-21H2,1-3H3,(H,34,39)(H,35,37)/b11-7+,17-14+/t26-,28+,29+/m1/s1. The van der Waals surface area contributed by atoms with Crippen LogP contribution in [0.2, 0.25) is 0 Å². The van der Waals surface area contributed by atoms with Crippen molar-refractivity contribution in [2.24, 2.45) is 5.92 Å². The minimum atomic E-state index is -1.27. The molecule has 10 heteroatoms. The maximum atomic E-state index is 13.1. The number of nitrogens with one attached hydrogen (secondary N) is 2. The molecule has 0 bridgehead atoms. The van der Waals surface area contributed by atoms with Gasteiger partial charge in [0.1, 0.15) is 11.8 Å². The number of ketones is 1. The Kier molecular flexibility index (Phi) is 12.7. The molecule has 1 aliphatic rings. The van der Waals surface area contributed by atoms with Crippen molar-refractivity contribution in [3.05, 3.63) is 84.0 Å². The van der Waals surface area contributed by atoms with Gasteiger partial charge in [-0.3, -0.25) is 19.2 Å². The first-order valence-electron chi connectivity index (χ1n) is 14.2. The summed E-state index contributed by atoms with van der Waals surface area (Å²) in [6, 6.07) is 15.2. The van der Waals surface area contributed by atoms with Gasteiger partial charge in [-0.1, -0.05) is 68.5 Å². The first-order valence-corrected chi connectivity index (χ1v) is 14.2. The molecule has 0 unspecified atom stereocenters. The lowest BCUT2D eigenvalue weighted by Crippen LogP contribution is -2.48. The maximum absolute atomic E-state index is 13.1. The van der Waals surface area contributed by atoms with Crippen LogP contribution < -0.4 is 15.4 Å². The highest BCUT2D eigenvalue weighted by atomic mass is 16.6. The summed E-state index contributed by atoms with van der Waals surface area (Å²) in [5.74, 6) is -2.51. The Morgan fingerprint density at radius 3 is 2.42 bits per heavy atom. The maximum Gasteiger partial charge on any atom is 0.348 e. The number of carbonyl (C=O) groups is 5. The van der Waals surface area contributed by atoms with Gasteiger partial charge in [0.25, 0.3) is 0 Å². The molecule has 0 saturated heterocycles. The van der Waals surface area contributed by atoms with Crippen LogP contribution in [0.1, 0.15) is 44.2 Å². The highest BCUT2D eigenvalue weighted by Gasteiger charge is 2.30. The van der Waals surface area contributed by atoms with E-state index in [0.717, 1.165) is 11.1 Å². The van der Waals surface area contributed by atoms with E-state index in [-0.39, 0.29) is 38.1 Å². The third-order valence-electron chi connectivity index (χ3n) is 6.52. The lowest BCUT2D eigenvalue weighted by Gasteiger charge is -2.22. The van der Waals surface area contributed by atoms with Crippen LogP contribution in [0.25, 0.3) is 6.08 Å². The number of methoxy groups -OCH3 is 1. The van der Waals surface area contributed by atoms with Gasteiger partial charge in [0.2, 0.25) is 11.8 Å². The number of rotatable bonds is 8. The van der Waals surface area contributed by atoms with Crippen molar-refractivity contribution in [3.8, 4) is 5.75 Å². The van der Waals surface area contributed by atoms with E-state index in [1.54, 1.807) is 37.5 Å². The fraction of sp³-hybridized carbons (Fsp3) is 0.364. The molecule has 2 N–H and O–H groups in total. The quantitative estimate of drug-likeness (QED) is 0.353. The lowest BCUT2D eigenvalue weighted by atomic mass is 10.0. The summed E-state index contributed by atoms with van der Waals surface area (Å²) in [6.45, 7) is 3.64. The molecule has 0 fully saturated rings. The second-order valence-electron chi connectivity index (χ2n) is 10.5. The molecule has 10 nitrogen and oxygen atoms in total. The molecular weight excluding hydrogens is 552 g/mol. The van der Waals surface area contributed by atoms with Gasteiger partial charge in [-0.15, -0.1) is 0 Å². The third-order valence-corrected chi connectivity index (χ3v) is 6.52. The molecule has 1 heterocycles. The van der Waals surface area contributed by atoms with Crippen LogP contribution in [0.4, 0.5) is 0 Å². The van der Waals surface area contributed by atoms with E-state index in [1.165, 1.54) is 18.2 Å². The Balaban J connectivity index is 1.85. The van der Waals surface area contributed by atoms with Gasteiger partial charge < -0.3 is 24.8 Å². The summed E-state index contributed by atoms with van der Waals surface area (Å²) >= 11 is 0. The number of hydrogen-bond donors (Lipinski definition) is 2. The van der Waals surface area contributed by atoms with E-state index < -0.39 is 47.8 Å². The SMILES string of the molecule is COc1ccc(C[C@H]2NC(=O)/C=C/C[C@@H](C(=O)/C=C/c3ccccc3)OC(=O)[C@H](CC(C)C)OC(=O)CCNC2=O)cc1. The molecule has 2 aromatic carbocycles. The molecule has 43 heavy (non-hydrogen) atoms. The molecule has 0 aliphatic carbocycles. The minimum Gasteiger partial charge on any atom is -0.497 e. The smallest absolute Gasteiger partial charge is 0.348 e. The molecular formula is C33H38N2O8. The lowest BCUT2D eigenvalue weighted by molar-refractivity contribution is -0.173. The fourth-order valence-electron chi connectivity index (χ4n) is 4.26. The van der Waals surface area contributed by atoms with Crippen LogP contribution in [0.5, 0.6) is 5.75 Å². The Labute approximate surface area is 251 Å². The van der Waals surface area contributed by atoms with Crippen LogP contribution in [0.15, 0.2) is 72.8 Å². The van der Waals surface area contributed by atoms with Crippen LogP contribution in [-0.4, -0.2) is 61.4 Å². The summed E-state index contributed by atoms with van der Waals surface area (Å²) in [6.07, 6.45) is 3.03. The molecule has 228 valence electrons. The van der Waals surface area contributed by atoms with Gasteiger partial charge in [-0.25, -0.2) is 4.79 Å². The van der Waals surface area contributed by atoms with Crippen LogP contribution >= 0.6 is 0 Å². The van der Waals surface area contributed by atoms with E-state index in [1.807, 2.05) is 44.2 Å². The Bertz CT molecular complexity index is 1320. The topological polar surface area (TPSA) is 137 Å². The summed E-state index contributed by atoms with van der Waals surface area (Å²) in [4.78, 5) is 64.7. The van der Waals surface area contributed by atoms with Crippen LogP contribution in [0, 0.1) is 5.92 Å². The van der Waals surface area contributed by atoms with E-state index in [2.05, 4.69) is 10.6 Å². The second kappa shape index (κ2) is 16.6. The monoisotopic (exact) mass is 590 g/mol. The van der Waals surface area contributed by atoms with Gasteiger partial charge in [0, 0.05) is 19.4 Å². The molecule has 0 aromatic heterocycles. The normalized spacial score (nSPS) is 21.4. The second-order valence-corrected chi connectivity index (χ2v) is 10.5. The predicted molar refractivity (Wildman–Crippen MR) is 160 cm³/mol. The summed E-state index contributed by atoms with van der Waals surface area (Å²) < 4.78 is 16.2. The number of hydrogen-bond acceptors (Lipinski definition) is 8. The van der Waals surface area contributed by atoms with Crippen molar-refractivity contribution in [1.29, 1.82) is 0 Å². The molecule has 2 amide bonds. The van der Waals surface area contributed by atoms with Crippen molar-refractivity contribution in [3.63, 3.8) is 0 Å². The van der Waals surface area contributed by atoms with Crippen molar-refractivity contribution in [2.45, 2.75) is 57.8 Å². The largest absolute Gasteiger partial charge is 0.497 e. The fourth-order valence-corrected chi connectivity index (χ4v) is 4.26. The molecule has 3 atom stereocenters. The van der Waals surface area contributed by atoms with Crippen LogP contribution in [-0.2, 0) is 39.9 Å². The zero-order chi connectivity index (χ0) is 31.2. The molecule has 2 aromatic rings. The van der Waals surface area contributed by atoms with Crippen molar-refractivity contribution < 1.29 is 38.2 Å². The number of ether oxygens (including phenoxy) is 3. The average Bonchev–Trinajstić information content (AvgIpc) is 2.98. The third kappa shape index (κ3) is 11.2. The summed E-state index contributed by atoms with van der Waals surface area (Å²) in [5, 5.41) is 5.33. The van der Waals surface area contributed by atoms with Crippen molar-refractivity contribution >= 4 is 35.6 Å². The summed E-state index contributed by atoms with van der Waals surface area (Å²) in [7, 11) is 1.55. The Morgan fingerprint density at radius 1 is 1.02 bits per heavy atom. The van der Waals surface area contributed by atoms with E-state index in [9.17, 15) is 24.0 Å². The van der Waals surface area contributed by atoms with Crippen molar-refractivity contribution in [2.75, 3.05) is 13.7 Å². The summed E-state index contributed by atoms with van der Waals surface area (Å²) in [5.41, 5.74) is 1.55. The highest BCUT2D eigenvalue weighted by Crippen LogP contribution is 2.16. The molecule has 3 rings (SSSR count). The number of esters is 2. The first kappa shape index (κ1) is 32.8. The number of benzene rings is 2. The predicted octanol–water partition coefficient (Wildman–Crippen LogP) is 3.34. The zero-order valence-corrected chi connectivity index (χ0v) is 24.6. The van der Waals surface area contributed by atoms with Crippen molar-refractivity contribution in [1.82, 2.24) is 10.6 Å². The molecule has 0 spiro atoms. The Hall–Kier alpha value is -4.73. The van der Waals surface area contributed by atoms with Gasteiger partial charge in [-0.2, -0.15) is 0 Å². The number of carbonyl (C=O) groups excluding carboxylic acids is 5. The number of cyclic esters (lactones) is 2. The molecule has 0 saturated carbocycles.